The zero-order valence-corrected chi connectivity index (χ0v) is 10.6. The SMILES string of the molecule is Cc1ccc(NC(=O)c2cc(F)c(F)c(F)c2F)cc1F. The number of rotatable bonds is 2. The van der Waals surface area contributed by atoms with Crippen molar-refractivity contribution in [2.75, 3.05) is 5.32 Å². The molecule has 0 fully saturated rings. The van der Waals surface area contributed by atoms with Crippen LogP contribution in [-0.4, -0.2) is 5.91 Å². The van der Waals surface area contributed by atoms with Gasteiger partial charge in [-0.3, -0.25) is 4.79 Å². The minimum atomic E-state index is -2.09. The number of halogens is 5. The molecule has 21 heavy (non-hydrogen) atoms. The number of benzene rings is 2. The number of anilines is 1. The van der Waals surface area contributed by atoms with Gasteiger partial charge in [0.2, 0.25) is 0 Å². The van der Waals surface area contributed by atoms with Gasteiger partial charge in [-0.15, -0.1) is 0 Å². The predicted octanol–water partition coefficient (Wildman–Crippen LogP) is 3.94. The first-order valence-electron chi connectivity index (χ1n) is 5.71. The number of nitrogens with one attached hydrogen (secondary N) is 1. The summed E-state index contributed by atoms with van der Waals surface area (Å²) in [6, 6.07) is 3.87. The Kier molecular flexibility index (Phi) is 3.93. The molecular formula is C14H8F5NO. The molecule has 0 heterocycles. The van der Waals surface area contributed by atoms with Crippen LogP contribution in [0.25, 0.3) is 0 Å². The summed E-state index contributed by atoms with van der Waals surface area (Å²) in [5, 5.41) is 2.07. The maximum atomic E-state index is 13.4. The van der Waals surface area contributed by atoms with Gasteiger partial charge < -0.3 is 5.32 Å². The first kappa shape index (κ1) is 15.0. The lowest BCUT2D eigenvalue weighted by atomic mass is 10.1. The molecule has 0 spiro atoms. The van der Waals surface area contributed by atoms with E-state index in [9.17, 15) is 26.7 Å². The monoisotopic (exact) mass is 301 g/mol. The molecule has 2 nitrogen and oxygen atoms in total. The topological polar surface area (TPSA) is 29.1 Å². The van der Waals surface area contributed by atoms with Crippen molar-refractivity contribution < 1.29 is 26.7 Å². The Labute approximate surface area is 116 Å². The zero-order chi connectivity index (χ0) is 15.7. The van der Waals surface area contributed by atoms with Crippen LogP contribution >= 0.6 is 0 Å². The Morgan fingerprint density at radius 1 is 0.905 bits per heavy atom. The Bertz CT molecular complexity index is 730. The number of carbonyl (C=O) groups excluding carboxylic acids is 1. The fourth-order valence-corrected chi connectivity index (χ4v) is 1.61. The van der Waals surface area contributed by atoms with E-state index < -0.39 is 40.6 Å². The molecule has 1 amide bonds. The zero-order valence-electron chi connectivity index (χ0n) is 10.6. The second-order valence-electron chi connectivity index (χ2n) is 4.27. The molecule has 0 saturated heterocycles. The van der Waals surface area contributed by atoms with Gasteiger partial charge in [-0.05, 0) is 30.7 Å². The molecule has 110 valence electrons. The summed E-state index contributed by atoms with van der Waals surface area (Å²) < 4.78 is 65.6. The number of hydrogen-bond donors (Lipinski definition) is 1. The third-order valence-electron chi connectivity index (χ3n) is 2.78. The Morgan fingerprint density at radius 3 is 2.19 bits per heavy atom. The standard InChI is InChI=1S/C14H8F5NO/c1-6-2-3-7(4-9(6)15)20-14(21)8-5-10(16)12(18)13(19)11(8)17/h2-5H,1H3,(H,20,21). The van der Waals surface area contributed by atoms with Crippen LogP contribution in [-0.2, 0) is 0 Å². The van der Waals surface area contributed by atoms with Crippen molar-refractivity contribution in [1.82, 2.24) is 0 Å². The van der Waals surface area contributed by atoms with Gasteiger partial charge in [-0.2, -0.15) is 0 Å². The molecule has 2 aromatic carbocycles. The molecule has 1 N–H and O–H groups in total. The average molecular weight is 301 g/mol. The lowest BCUT2D eigenvalue weighted by Crippen LogP contribution is -2.16. The first-order chi connectivity index (χ1) is 9.81. The highest BCUT2D eigenvalue weighted by Gasteiger charge is 2.23. The third kappa shape index (κ3) is 2.86. The quantitative estimate of drug-likeness (QED) is 0.508. The van der Waals surface area contributed by atoms with E-state index in [0.717, 1.165) is 6.07 Å². The molecule has 0 aromatic heterocycles. The van der Waals surface area contributed by atoms with Gasteiger partial charge in [0.15, 0.2) is 23.3 Å². The molecule has 0 atom stereocenters. The normalized spacial score (nSPS) is 10.6. The van der Waals surface area contributed by atoms with E-state index in [1.165, 1.54) is 19.1 Å². The summed E-state index contributed by atoms with van der Waals surface area (Å²) in [6.45, 7) is 1.49. The van der Waals surface area contributed by atoms with E-state index in [4.69, 9.17) is 0 Å². The summed E-state index contributed by atoms with van der Waals surface area (Å²) in [4.78, 5) is 11.7. The fraction of sp³-hybridized carbons (Fsp3) is 0.0714. The second-order valence-corrected chi connectivity index (χ2v) is 4.27. The predicted molar refractivity (Wildman–Crippen MR) is 65.4 cm³/mol. The maximum absolute atomic E-state index is 13.4. The number of amides is 1. The van der Waals surface area contributed by atoms with Crippen molar-refractivity contribution in [1.29, 1.82) is 0 Å². The van der Waals surface area contributed by atoms with Crippen molar-refractivity contribution in [3.8, 4) is 0 Å². The number of carbonyl (C=O) groups is 1. The van der Waals surface area contributed by atoms with Crippen molar-refractivity contribution >= 4 is 11.6 Å². The van der Waals surface area contributed by atoms with Crippen molar-refractivity contribution in [2.45, 2.75) is 6.92 Å². The molecule has 7 heteroatoms. The molecule has 0 unspecified atom stereocenters. The molecule has 0 aliphatic heterocycles. The van der Waals surface area contributed by atoms with Crippen LogP contribution in [0.1, 0.15) is 15.9 Å². The van der Waals surface area contributed by atoms with Gasteiger partial charge in [0.25, 0.3) is 5.91 Å². The molecule has 0 aliphatic rings. The first-order valence-corrected chi connectivity index (χ1v) is 5.71. The molecule has 0 aliphatic carbocycles. The van der Waals surface area contributed by atoms with Gasteiger partial charge >= 0.3 is 0 Å². The van der Waals surface area contributed by atoms with E-state index >= 15 is 0 Å². The van der Waals surface area contributed by atoms with E-state index in [1.807, 2.05) is 0 Å². The Morgan fingerprint density at radius 2 is 1.57 bits per heavy atom. The van der Waals surface area contributed by atoms with Crippen LogP contribution < -0.4 is 5.32 Å². The highest BCUT2D eigenvalue weighted by molar-refractivity contribution is 6.04. The molecule has 2 aromatic rings. The van der Waals surface area contributed by atoms with Crippen molar-refractivity contribution in [3.05, 3.63) is 64.5 Å². The smallest absolute Gasteiger partial charge is 0.258 e. The van der Waals surface area contributed by atoms with Crippen LogP contribution in [0.5, 0.6) is 0 Å². The van der Waals surface area contributed by atoms with Gasteiger partial charge in [0.1, 0.15) is 5.82 Å². The van der Waals surface area contributed by atoms with Crippen LogP contribution in [0.2, 0.25) is 0 Å². The molecule has 0 bridgehead atoms. The minimum absolute atomic E-state index is 0.0346. The lowest BCUT2D eigenvalue weighted by Gasteiger charge is -2.08. The van der Waals surface area contributed by atoms with Crippen LogP contribution in [0, 0.1) is 36.0 Å². The molecule has 0 radical (unpaired) electrons. The van der Waals surface area contributed by atoms with Crippen molar-refractivity contribution in [2.24, 2.45) is 0 Å². The van der Waals surface area contributed by atoms with E-state index in [0.29, 0.717) is 5.56 Å². The minimum Gasteiger partial charge on any atom is -0.322 e. The Hall–Kier alpha value is -2.44. The summed E-state index contributed by atoms with van der Waals surface area (Å²) in [5.41, 5.74) is -0.738. The summed E-state index contributed by atoms with van der Waals surface area (Å²) >= 11 is 0. The van der Waals surface area contributed by atoms with Crippen molar-refractivity contribution in [3.63, 3.8) is 0 Å². The van der Waals surface area contributed by atoms with E-state index in [-0.39, 0.29) is 11.8 Å². The van der Waals surface area contributed by atoms with Gasteiger partial charge in [-0.25, -0.2) is 22.0 Å². The number of aryl methyl sites for hydroxylation is 1. The summed E-state index contributed by atoms with van der Waals surface area (Å²) in [5.74, 6) is -9.47. The molecular weight excluding hydrogens is 293 g/mol. The Balaban J connectivity index is 2.35. The van der Waals surface area contributed by atoms with Crippen LogP contribution in [0.3, 0.4) is 0 Å². The van der Waals surface area contributed by atoms with Gasteiger partial charge in [0.05, 0.1) is 5.56 Å². The molecule has 2 rings (SSSR count). The largest absolute Gasteiger partial charge is 0.322 e. The second kappa shape index (κ2) is 5.51. The van der Waals surface area contributed by atoms with Gasteiger partial charge in [-0.1, -0.05) is 6.07 Å². The fourth-order valence-electron chi connectivity index (χ4n) is 1.61. The highest BCUT2D eigenvalue weighted by Crippen LogP contribution is 2.20. The molecule has 0 saturated carbocycles. The number of hydrogen-bond acceptors (Lipinski definition) is 1. The van der Waals surface area contributed by atoms with Crippen LogP contribution in [0.4, 0.5) is 27.6 Å². The van der Waals surface area contributed by atoms with E-state index in [1.54, 1.807) is 0 Å². The lowest BCUT2D eigenvalue weighted by molar-refractivity contribution is 0.102. The average Bonchev–Trinajstić information content (AvgIpc) is 2.44. The summed E-state index contributed by atoms with van der Waals surface area (Å²) in [6.07, 6.45) is 0. The van der Waals surface area contributed by atoms with E-state index in [2.05, 4.69) is 5.32 Å². The van der Waals surface area contributed by atoms with Crippen LogP contribution in [0.15, 0.2) is 24.3 Å². The highest BCUT2D eigenvalue weighted by atomic mass is 19.2. The third-order valence-corrected chi connectivity index (χ3v) is 2.78. The van der Waals surface area contributed by atoms with Gasteiger partial charge in [0, 0.05) is 5.69 Å². The maximum Gasteiger partial charge on any atom is 0.258 e. The summed E-state index contributed by atoms with van der Waals surface area (Å²) in [7, 11) is 0.